The van der Waals surface area contributed by atoms with Crippen molar-refractivity contribution in [2.45, 2.75) is 25.2 Å². The van der Waals surface area contributed by atoms with E-state index in [1.54, 1.807) is 18.2 Å². The highest BCUT2D eigenvalue weighted by atomic mass is 32.2. The molecule has 1 aromatic heterocycles. The lowest BCUT2D eigenvalue weighted by Gasteiger charge is -2.33. The first kappa shape index (κ1) is 22.9. The van der Waals surface area contributed by atoms with Crippen molar-refractivity contribution in [3.05, 3.63) is 54.0 Å². The Labute approximate surface area is 193 Å². The topological polar surface area (TPSA) is 98.1 Å². The maximum Gasteiger partial charge on any atom is 0.415 e. The Kier molecular flexibility index (Phi) is 6.75. The fourth-order valence-electron chi connectivity index (χ4n) is 3.47. The summed E-state index contributed by atoms with van der Waals surface area (Å²) in [5, 5.41) is 0.170. The number of carbonyl (C=O) groups is 2. The third kappa shape index (κ3) is 4.76. The van der Waals surface area contributed by atoms with Crippen LogP contribution in [0.5, 0.6) is 5.75 Å². The lowest BCUT2D eigenvalue weighted by atomic mass is 10.1. The standard InChI is InChI=1S/C23H24FN3O5S/c1-3-26(4-2)23(29)32-18-8-5-6-9-21(18)33(30)25-22(28)20-14-16-17(24)12-15(13-19(16)31-20)27-10-7-11-27/h5-6,8-9,12-14H,3-4,7,10-11H2,1-2H3,(H,25,28). The van der Waals surface area contributed by atoms with Crippen LogP contribution in [0.4, 0.5) is 14.9 Å². The zero-order valence-corrected chi connectivity index (χ0v) is 19.1. The number of halogens is 1. The van der Waals surface area contributed by atoms with Crippen molar-refractivity contribution in [1.82, 2.24) is 9.62 Å². The number of furan rings is 1. The first-order chi connectivity index (χ1) is 15.9. The minimum Gasteiger partial charge on any atom is -0.588 e. The lowest BCUT2D eigenvalue weighted by Crippen LogP contribution is -2.36. The molecule has 3 aromatic rings. The molecule has 10 heteroatoms. The van der Waals surface area contributed by atoms with Crippen molar-refractivity contribution in [2.24, 2.45) is 0 Å². The van der Waals surface area contributed by atoms with Crippen molar-refractivity contribution < 1.29 is 27.7 Å². The van der Waals surface area contributed by atoms with Crippen LogP contribution in [0, 0.1) is 5.82 Å². The first-order valence-electron chi connectivity index (χ1n) is 10.7. The predicted octanol–water partition coefficient (Wildman–Crippen LogP) is 4.08. The van der Waals surface area contributed by atoms with E-state index in [1.165, 1.54) is 29.2 Å². The van der Waals surface area contributed by atoms with Crippen LogP contribution in [0.25, 0.3) is 11.0 Å². The highest BCUT2D eigenvalue weighted by Crippen LogP contribution is 2.30. The van der Waals surface area contributed by atoms with E-state index in [-0.39, 0.29) is 27.4 Å². The van der Waals surface area contributed by atoms with Crippen molar-refractivity contribution in [2.75, 3.05) is 31.1 Å². The molecule has 0 spiro atoms. The van der Waals surface area contributed by atoms with Crippen molar-refractivity contribution in [3.63, 3.8) is 0 Å². The van der Waals surface area contributed by atoms with Gasteiger partial charge in [-0.2, -0.15) is 4.72 Å². The van der Waals surface area contributed by atoms with Gasteiger partial charge in [0.2, 0.25) is 4.90 Å². The molecule has 1 unspecified atom stereocenters. The number of rotatable bonds is 7. The zero-order valence-electron chi connectivity index (χ0n) is 18.3. The quantitative estimate of drug-likeness (QED) is 0.520. The monoisotopic (exact) mass is 473 g/mol. The molecule has 1 N–H and O–H groups in total. The van der Waals surface area contributed by atoms with Gasteiger partial charge in [-0.15, -0.1) is 0 Å². The highest BCUT2D eigenvalue weighted by molar-refractivity contribution is 7.90. The number of hydrogen-bond acceptors (Lipinski definition) is 6. The molecule has 33 heavy (non-hydrogen) atoms. The Morgan fingerprint density at radius 2 is 1.94 bits per heavy atom. The van der Waals surface area contributed by atoms with E-state index < -0.39 is 29.2 Å². The van der Waals surface area contributed by atoms with E-state index in [4.69, 9.17) is 9.15 Å². The number of carbonyl (C=O) groups excluding carboxylic acids is 2. The normalized spacial score (nSPS) is 14.0. The van der Waals surface area contributed by atoms with Crippen LogP contribution >= 0.6 is 0 Å². The number of amides is 2. The number of hydrogen-bond donors (Lipinski definition) is 1. The summed E-state index contributed by atoms with van der Waals surface area (Å²) in [5.41, 5.74) is 0.932. The second-order valence-corrected chi connectivity index (χ2v) is 8.66. The number of benzene rings is 2. The minimum absolute atomic E-state index is 0.0721. The molecule has 0 aliphatic carbocycles. The van der Waals surface area contributed by atoms with Crippen LogP contribution in [0.3, 0.4) is 0 Å². The van der Waals surface area contributed by atoms with E-state index in [1.807, 2.05) is 18.7 Å². The molecule has 0 saturated carbocycles. The largest absolute Gasteiger partial charge is 0.588 e. The third-order valence-corrected chi connectivity index (χ3v) is 6.58. The van der Waals surface area contributed by atoms with Crippen molar-refractivity contribution in [1.29, 1.82) is 0 Å². The molecule has 174 valence electrons. The van der Waals surface area contributed by atoms with Gasteiger partial charge in [-0.25, -0.2) is 9.18 Å². The molecular weight excluding hydrogens is 449 g/mol. The van der Waals surface area contributed by atoms with Gasteiger partial charge in [0.05, 0.1) is 5.39 Å². The molecule has 0 bridgehead atoms. The zero-order chi connectivity index (χ0) is 23.5. The number of ether oxygens (including phenoxy) is 1. The Bertz CT molecular complexity index is 1180. The summed E-state index contributed by atoms with van der Waals surface area (Å²) in [6.45, 7) is 6.24. The van der Waals surface area contributed by atoms with Gasteiger partial charge in [-0.05, 0) is 38.5 Å². The Balaban J connectivity index is 1.51. The van der Waals surface area contributed by atoms with Crippen LogP contribution < -0.4 is 14.4 Å². The second kappa shape index (κ2) is 9.72. The maximum absolute atomic E-state index is 14.5. The van der Waals surface area contributed by atoms with Crippen LogP contribution in [0.1, 0.15) is 30.8 Å². The van der Waals surface area contributed by atoms with E-state index in [0.717, 1.165) is 19.5 Å². The fourth-order valence-corrected chi connectivity index (χ4v) is 4.34. The third-order valence-electron chi connectivity index (χ3n) is 5.47. The first-order valence-corrected chi connectivity index (χ1v) is 11.8. The Hall–Kier alpha value is -3.24. The number of nitrogens with one attached hydrogen (secondary N) is 1. The second-order valence-electron chi connectivity index (χ2n) is 7.48. The van der Waals surface area contributed by atoms with Gasteiger partial charge in [0.1, 0.15) is 22.8 Å². The fraction of sp³-hybridized carbons (Fsp3) is 0.304. The van der Waals surface area contributed by atoms with Crippen LogP contribution in [-0.2, 0) is 11.4 Å². The molecule has 4 rings (SSSR count). The summed E-state index contributed by atoms with van der Waals surface area (Å²) in [5.74, 6) is -1.37. The average molecular weight is 474 g/mol. The molecule has 8 nitrogen and oxygen atoms in total. The van der Waals surface area contributed by atoms with Gasteiger partial charge in [0.15, 0.2) is 11.5 Å². The molecule has 2 heterocycles. The van der Waals surface area contributed by atoms with Gasteiger partial charge in [-0.3, -0.25) is 4.79 Å². The highest BCUT2D eigenvalue weighted by Gasteiger charge is 2.26. The maximum atomic E-state index is 14.5. The van der Waals surface area contributed by atoms with Crippen molar-refractivity contribution >= 4 is 40.0 Å². The van der Waals surface area contributed by atoms with Crippen LogP contribution in [-0.4, -0.2) is 47.6 Å². The molecule has 1 atom stereocenters. The number of para-hydroxylation sites is 1. The molecule has 0 radical (unpaired) electrons. The minimum atomic E-state index is -2.05. The van der Waals surface area contributed by atoms with Crippen LogP contribution in [0.15, 0.2) is 51.8 Å². The van der Waals surface area contributed by atoms with Gasteiger partial charge < -0.3 is 23.5 Å². The Morgan fingerprint density at radius 3 is 2.61 bits per heavy atom. The molecular formula is C23H24FN3O5S. The molecule has 1 aliphatic heterocycles. The predicted molar refractivity (Wildman–Crippen MR) is 122 cm³/mol. The number of fused-ring (bicyclic) bond motifs is 1. The van der Waals surface area contributed by atoms with Gasteiger partial charge in [0, 0.05) is 44.0 Å². The van der Waals surface area contributed by atoms with E-state index in [0.29, 0.717) is 18.8 Å². The van der Waals surface area contributed by atoms with E-state index >= 15 is 0 Å². The molecule has 1 aliphatic rings. The van der Waals surface area contributed by atoms with Crippen molar-refractivity contribution in [3.8, 4) is 5.75 Å². The van der Waals surface area contributed by atoms with Gasteiger partial charge in [-0.1, -0.05) is 12.1 Å². The summed E-state index contributed by atoms with van der Waals surface area (Å²) < 4.78 is 40.7. The van der Waals surface area contributed by atoms with Gasteiger partial charge in [0.25, 0.3) is 0 Å². The Morgan fingerprint density at radius 1 is 1.21 bits per heavy atom. The molecule has 1 saturated heterocycles. The van der Waals surface area contributed by atoms with Crippen LogP contribution in [0.2, 0.25) is 0 Å². The molecule has 1 fully saturated rings. The number of anilines is 1. The van der Waals surface area contributed by atoms with Gasteiger partial charge >= 0.3 is 12.0 Å². The number of nitrogens with zero attached hydrogens (tertiary/aromatic N) is 2. The molecule has 2 amide bonds. The average Bonchev–Trinajstić information content (AvgIpc) is 3.19. The SMILES string of the molecule is CCN(CC)C(=O)Oc1ccccc1[S+]([O-])NC(=O)c1cc2c(F)cc(N3CCC3)cc2o1. The lowest BCUT2D eigenvalue weighted by molar-refractivity contribution is 0.0956. The molecule has 2 aromatic carbocycles. The summed E-state index contributed by atoms with van der Waals surface area (Å²) in [4.78, 5) is 28.6. The summed E-state index contributed by atoms with van der Waals surface area (Å²) in [7, 11) is 0. The van der Waals surface area contributed by atoms with E-state index in [9.17, 15) is 18.5 Å². The summed E-state index contributed by atoms with van der Waals surface area (Å²) >= 11 is -2.05. The summed E-state index contributed by atoms with van der Waals surface area (Å²) in [6, 6.07) is 10.6. The summed E-state index contributed by atoms with van der Waals surface area (Å²) in [6.07, 6.45) is 0.463. The van der Waals surface area contributed by atoms with E-state index in [2.05, 4.69) is 4.72 Å². The smallest absolute Gasteiger partial charge is 0.415 e.